The van der Waals surface area contributed by atoms with Crippen LogP contribution in [-0.4, -0.2) is 29.0 Å². The molecule has 2 N–H and O–H groups in total. The summed E-state index contributed by atoms with van der Waals surface area (Å²) in [6.07, 6.45) is 2.22. The highest BCUT2D eigenvalue weighted by Gasteiger charge is 2.18. The van der Waals surface area contributed by atoms with Crippen molar-refractivity contribution in [3.8, 4) is 0 Å². The lowest BCUT2D eigenvalue weighted by molar-refractivity contribution is 0.0793. The average molecular weight is 310 g/mol. The topological polar surface area (TPSA) is 52.6 Å². The summed E-state index contributed by atoms with van der Waals surface area (Å²) in [6, 6.07) is 15.5. The van der Waals surface area contributed by atoms with Crippen molar-refractivity contribution in [2.24, 2.45) is 0 Å². The van der Waals surface area contributed by atoms with E-state index in [9.17, 15) is 4.79 Å². The van der Waals surface area contributed by atoms with Gasteiger partial charge in [0.2, 0.25) is 0 Å². The summed E-state index contributed by atoms with van der Waals surface area (Å²) in [5, 5.41) is 12.5. The molecule has 2 aromatic carbocycles. The Morgan fingerprint density at radius 3 is 2.48 bits per heavy atom. The van der Waals surface area contributed by atoms with Gasteiger partial charge < -0.3 is 15.3 Å². The molecular weight excluding hydrogens is 288 g/mol. The SMILES string of the molecule is O=C(c1ccc(CNc2cccc(CO)c2)cc1)N1CCCC1. The van der Waals surface area contributed by atoms with Crippen molar-refractivity contribution in [2.45, 2.75) is 26.0 Å². The van der Waals surface area contributed by atoms with Gasteiger partial charge in [0.25, 0.3) is 5.91 Å². The molecule has 0 aliphatic carbocycles. The van der Waals surface area contributed by atoms with Crippen LogP contribution in [0.25, 0.3) is 0 Å². The number of likely N-dealkylation sites (tertiary alicyclic amines) is 1. The molecule has 2 aromatic rings. The maximum absolute atomic E-state index is 12.3. The van der Waals surface area contributed by atoms with Gasteiger partial charge in [0, 0.05) is 30.9 Å². The third-order valence-electron chi connectivity index (χ3n) is 4.20. The van der Waals surface area contributed by atoms with Crippen LogP contribution in [0.3, 0.4) is 0 Å². The van der Waals surface area contributed by atoms with E-state index in [1.54, 1.807) is 0 Å². The smallest absolute Gasteiger partial charge is 0.253 e. The van der Waals surface area contributed by atoms with E-state index >= 15 is 0 Å². The predicted octanol–water partition coefficient (Wildman–Crippen LogP) is 3.03. The molecule has 0 spiro atoms. The molecule has 1 saturated heterocycles. The largest absolute Gasteiger partial charge is 0.392 e. The van der Waals surface area contributed by atoms with Gasteiger partial charge in [-0.05, 0) is 48.2 Å². The minimum Gasteiger partial charge on any atom is -0.392 e. The zero-order valence-corrected chi connectivity index (χ0v) is 13.2. The Labute approximate surface area is 136 Å². The summed E-state index contributed by atoms with van der Waals surface area (Å²) < 4.78 is 0. The van der Waals surface area contributed by atoms with Crippen LogP contribution in [0.1, 0.15) is 34.3 Å². The molecule has 0 atom stereocenters. The van der Waals surface area contributed by atoms with Gasteiger partial charge in [-0.15, -0.1) is 0 Å². The first-order valence-electron chi connectivity index (χ1n) is 8.08. The average Bonchev–Trinajstić information content (AvgIpc) is 3.14. The molecule has 1 aliphatic rings. The summed E-state index contributed by atoms with van der Waals surface area (Å²) in [7, 11) is 0. The number of anilines is 1. The summed E-state index contributed by atoms with van der Waals surface area (Å²) >= 11 is 0. The Balaban J connectivity index is 1.59. The first-order chi connectivity index (χ1) is 11.3. The van der Waals surface area contributed by atoms with Crippen molar-refractivity contribution < 1.29 is 9.90 Å². The molecular formula is C19H22N2O2. The Bertz CT molecular complexity index is 661. The van der Waals surface area contributed by atoms with E-state index in [4.69, 9.17) is 5.11 Å². The number of rotatable bonds is 5. The zero-order valence-electron chi connectivity index (χ0n) is 13.2. The fourth-order valence-corrected chi connectivity index (χ4v) is 2.85. The molecule has 1 amide bonds. The van der Waals surface area contributed by atoms with Crippen LogP contribution >= 0.6 is 0 Å². The summed E-state index contributed by atoms with van der Waals surface area (Å²) in [6.45, 7) is 2.49. The lowest BCUT2D eigenvalue weighted by Crippen LogP contribution is -2.27. The van der Waals surface area contributed by atoms with E-state index in [2.05, 4.69) is 5.32 Å². The number of nitrogens with zero attached hydrogens (tertiary/aromatic N) is 1. The molecule has 0 unspecified atom stereocenters. The predicted molar refractivity (Wildman–Crippen MR) is 91.3 cm³/mol. The highest BCUT2D eigenvalue weighted by molar-refractivity contribution is 5.94. The lowest BCUT2D eigenvalue weighted by atomic mass is 10.1. The maximum Gasteiger partial charge on any atom is 0.253 e. The van der Waals surface area contributed by atoms with E-state index in [0.29, 0.717) is 6.54 Å². The summed E-state index contributed by atoms with van der Waals surface area (Å²) in [4.78, 5) is 14.2. The number of hydrogen-bond donors (Lipinski definition) is 2. The van der Waals surface area contributed by atoms with Crippen LogP contribution in [0.5, 0.6) is 0 Å². The maximum atomic E-state index is 12.3. The van der Waals surface area contributed by atoms with Crippen LogP contribution in [0.15, 0.2) is 48.5 Å². The van der Waals surface area contributed by atoms with Crippen molar-refractivity contribution in [1.82, 2.24) is 4.90 Å². The number of carbonyl (C=O) groups is 1. The van der Waals surface area contributed by atoms with Gasteiger partial charge in [0.15, 0.2) is 0 Å². The second-order valence-electron chi connectivity index (χ2n) is 5.91. The molecule has 120 valence electrons. The van der Waals surface area contributed by atoms with E-state index in [-0.39, 0.29) is 12.5 Å². The Morgan fingerprint density at radius 2 is 1.78 bits per heavy atom. The number of nitrogens with one attached hydrogen (secondary N) is 1. The zero-order chi connectivity index (χ0) is 16.1. The second kappa shape index (κ2) is 7.29. The lowest BCUT2D eigenvalue weighted by Gasteiger charge is -2.15. The van der Waals surface area contributed by atoms with Crippen molar-refractivity contribution in [2.75, 3.05) is 18.4 Å². The third kappa shape index (κ3) is 3.90. The number of carbonyl (C=O) groups excluding carboxylic acids is 1. The minimum absolute atomic E-state index is 0.0445. The van der Waals surface area contributed by atoms with Gasteiger partial charge in [-0.2, -0.15) is 0 Å². The highest BCUT2D eigenvalue weighted by Crippen LogP contribution is 2.15. The molecule has 0 radical (unpaired) electrons. The standard InChI is InChI=1S/C19H22N2O2/c22-14-16-4-3-5-18(12-16)20-13-15-6-8-17(9-7-15)19(23)21-10-1-2-11-21/h3-9,12,20,22H,1-2,10-11,13-14H2. The monoisotopic (exact) mass is 310 g/mol. The molecule has 23 heavy (non-hydrogen) atoms. The van der Waals surface area contributed by atoms with Gasteiger partial charge in [0.05, 0.1) is 6.61 Å². The van der Waals surface area contributed by atoms with E-state index in [1.165, 1.54) is 0 Å². The molecule has 3 rings (SSSR count). The minimum atomic E-state index is 0.0445. The van der Waals surface area contributed by atoms with Crippen LogP contribution in [0, 0.1) is 0 Å². The molecule has 0 bridgehead atoms. The van der Waals surface area contributed by atoms with Crippen LogP contribution in [0.4, 0.5) is 5.69 Å². The van der Waals surface area contributed by atoms with E-state index in [1.807, 2.05) is 53.4 Å². The number of aliphatic hydroxyl groups is 1. The van der Waals surface area contributed by atoms with Gasteiger partial charge >= 0.3 is 0 Å². The molecule has 1 fully saturated rings. The Kier molecular flexibility index (Phi) is 4.93. The van der Waals surface area contributed by atoms with Crippen molar-refractivity contribution in [3.05, 3.63) is 65.2 Å². The van der Waals surface area contributed by atoms with Crippen molar-refractivity contribution in [1.29, 1.82) is 0 Å². The first-order valence-corrected chi connectivity index (χ1v) is 8.08. The summed E-state index contributed by atoms with van der Waals surface area (Å²) in [5.74, 6) is 0.137. The molecule has 1 aliphatic heterocycles. The van der Waals surface area contributed by atoms with Gasteiger partial charge in [0.1, 0.15) is 0 Å². The van der Waals surface area contributed by atoms with Gasteiger partial charge in [-0.1, -0.05) is 24.3 Å². The van der Waals surface area contributed by atoms with E-state index < -0.39 is 0 Å². The normalized spacial score (nSPS) is 14.0. The number of aliphatic hydroxyl groups excluding tert-OH is 1. The van der Waals surface area contributed by atoms with Crippen LogP contribution < -0.4 is 5.32 Å². The third-order valence-corrected chi connectivity index (χ3v) is 4.20. The quantitative estimate of drug-likeness (QED) is 0.892. The van der Waals surface area contributed by atoms with Crippen LogP contribution in [0.2, 0.25) is 0 Å². The highest BCUT2D eigenvalue weighted by atomic mass is 16.3. The molecule has 4 nitrogen and oxygen atoms in total. The van der Waals surface area contributed by atoms with Crippen LogP contribution in [-0.2, 0) is 13.2 Å². The number of hydrogen-bond acceptors (Lipinski definition) is 3. The number of benzene rings is 2. The molecule has 0 aromatic heterocycles. The fourth-order valence-electron chi connectivity index (χ4n) is 2.85. The summed E-state index contributed by atoms with van der Waals surface area (Å²) in [5.41, 5.74) is 3.76. The molecule has 1 heterocycles. The fraction of sp³-hybridized carbons (Fsp3) is 0.316. The second-order valence-corrected chi connectivity index (χ2v) is 5.91. The Morgan fingerprint density at radius 1 is 1.04 bits per heavy atom. The molecule has 4 heteroatoms. The van der Waals surface area contributed by atoms with Gasteiger partial charge in [-0.25, -0.2) is 0 Å². The van der Waals surface area contributed by atoms with E-state index in [0.717, 1.165) is 48.3 Å². The molecule has 0 saturated carbocycles. The Hall–Kier alpha value is -2.33. The van der Waals surface area contributed by atoms with Crippen molar-refractivity contribution in [3.63, 3.8) is 0 Å². The van der Waals surface area contributed by atoms with Crippen molar-refractivity contribution >= 4 is 11.6 Å². The number of amides is 1. The first kappa shape index (κ1) is 15.6. The van der Waals surface area contributed by atoms with Gasteiger partial charge in [-0.3, -0.25) is 4.79 Å².